The minimum atomic E-state index is -0.270. The smallest absolute Gasteiger partial charge is 0.130 e. The molecular weight excluding hydrogens is 307 g/mol. The molecule has 0 aliphatic carbocycles. The maximum Gasteiger partial charge on any atom is 0.130 e. The van der Waals surface area contributed by atoms with Gasteiger partial charge in [0.1, 0.15) is 5.82 Å². The zero-order chi connectivity index (χ0) is 13.4. The number of rotatable bonds is 2. The van der Waals surface area contributed by atoms with E-state index >= 15 is 0 Å². The first-order valence-electron chi connectivity index (χ1n) is 5.92. The lowest BCUT2D eigenvalue weighted by Crippen LogP contribution is -2.01. The van der Waals surface area contributed by atoms with Crippen molar-refractivity contribution >= 4 is 32.5 Å². The number of para-hydroxylation sites is 1. The van der Waals surface area contributed by atoms with E-state index in [0.717, 1.165) is 15.4 Å². The highest BCUT2D eigenvalue weighted by Crippen LogP contribution is 2.27. The summed E-state index contributed by atoms with van der Waals surface area (Å²) in [6, 6.07) is 12.8. The van der Waals surface area contributed by atoms with Crippen LogP contribution in [-0.2, 0) is 6.54 Å². The summed E-state index contributed by atoms with van der Waals surface area (Å²) in [4.78, 5) is 0. The predicted octanol–water partition coefficient (Wildman–Crippen LogP) is 4.17. The molecule has 0 bridgehead atoms. The van der Waals surface area contributed by atoms with Gasteiger partial charge in [-0.2, -0.15) is 0 Å². The van der Waals surface area contributed by atoms with E-state index in [1.165, 1.54) is 6.07 Å². The van der Waals surface area contributed by atoms with Crippen LogP contribution in [0.15, 0.2) is 53.1 Å². The molecule has 1 heterocycles. The van der Waals surface area contributed by atoms with E-state index in [4.69, 9.17) is 5.73 Å². The molecule has 0 radical (unpaired) electrons. The summed E-state index contributed by atoms with van der Waals surface area (Å²) < 4.78 is 16.9. The Morgan fingerprint density at radius 3 is 2.74 bits per heavy atom. The van der Waals surface area contributed by atoms with E-state index in [1.807, 2.05) is 35.0 Å². The first-order valence-corrected chi connectivity index (χ1v) is 6.72. The molecule has 0 atom stereocenters. The van der Waals surface area contributed by atoms with Crippen LogP contribution in [0.25, 0.3) is 10.9 Å². The third kappa shape index (κ3) is 2.24. The lowest BCUT2D eigenvalue weighted by Gasteiger charge is -2.07. The number of benzene rings is 2. The molecule has 19 heavy (non-hydrogen) atoms. The number of hydrogen-bond donors (Lipinski definition) is 1. The first-order chi connectivity index (χ1) is 9.15. The number of aromatic nitrogens is 1. The maximum atomic E-state index is 13.8. The van der Waals surface area contributed by atoms with Crippen molar-refractivity contribution in [3.8, 4) is 0 Å². The number of halogens is 2. The Hall–Kier alpha value is -1.81. The Morgan fingerprint density at radius 1 is 1.16 bits per heavy atom. The van der Waals surface area contributed by atoms with Crippen LogP contribution in [0.3, 0.4) is 0 Å². The van der Waals surface area contributed by atoms with Crippen LogP contribution >= 0.6 is 15.9 Å². The van der Waals surface area contributed by atoms with Crippen molar-refractivity contribution in [2.75, 3.05) is 5.73 Å². The molecule has 2 N–H and O–H groups in total. The highest BCUT2D eigenvalue weighted by molar-refractivity contribution is 9.10. The van der Waals surface area contributed by atoms with Gasteiger partial charge in [0, 0.05) is 32.8 Å². The SMILES string of the molecule is Nc1ccc(Cn2cc(Br)c3ccccc32)c(F)c1. The zero-order valence-electron chi connectivity index (χ0n) is 10.1. The molecule has 0 aliphatic heterocycles. The Labute approximate surface area is 118 Å². The zero-order valence-corrected chi connectivity index (χ0v) is 11.7. The minimum absolute atomic E-state index is 0.270. The van der Waals surface area contributed by atoms with Crippen molar-refractivity contribution in [3.63, 3.8) is 0 Å². The molecular formula is C15H12BrFN2. The average molecular weight is 319 g/mol. The van der Waals surface area contributed by atoms with Gasteiger partial charge in [-0.25, -0.2) is 4.39 Å². The summed E-state index contributed by atoms with van der Waals surface area (Å²) in [7, 11) is 0. The van der Waals surface area contributed by atoms with Gasteiger partial charge >= 0.3 is 0 Å². The largest absolute Gasteiger partial charge is 0.399 e. The van der Waals surface area contributed by atoms with Gasteiger partial charge < -0.3 is 10.3 Å². The maximum absolute atomic E-state index is 13.8. The molecule has 2 nitrogen and oxygen atoms in total. The Kier molecular flexibility index (Phi) is 3.03. The van der Waals surface area contributed by atoms with Crippen LogP contribution in [0.1, 0.15) is 5.56 Å². The van der Waals surface area contributed by atoms with Gasteiger partial charge in [0.05, 0.1) is 6.54 Å². The van der Waals surface area contributed by atoms with Gasteiger partial charge in [-0.05, 0) is 34.1 Å². The second-order valence-corrected chi connectivity index (χ2v) is 5.33. The summed E-state index contributed by atoms with van der Waals surface area (Å²) in [6.45, 7) is 0.484. The van der Waals surface area contributed by atoms with Gasteiger partial charge in [-0.15, -0.1) is 0 Å². The minimum Gasteiger partial charge on any atom is -0.399 e. The predicted molar refractivity (Wildman–Crippen MR) is 79.6 cm³/mol. The summed E-state index contributed by atoms with van der Waals surface area (Å²) >= 11 is 3.53. The lowest BCUT2D eigenvalue weighted by molar-refractivity contribution is 0.602. The van der Waals surface area contributed by atoms with E-state index in [1.54, 1.807) is 12.1 Å². The van der Waals surface area contributed by atoms with Crippen molar-refractivity contribution in [2.45, 2.75) is 6.54 Å². The van der Waals surface area contributed by atoms with Crippen molar-refractivity contribution in [3.05, 3.63) is 64.5 Å². The monoisotopic (exact) mass is 318 g/mol. The van der Waals surface area contributed by atoms with Crippen LogP contribution in [0.5, 0.6) is 0 Å². The number of nitrogens with zero attached hydrogens (tertiary/aromatic N) is 1. The fourth-order valence-corrected chi connectivity index (χ4v) is 2.79. The molecule has 0 amide bonds. The highest BCUT2D eigenvalue weighted by atomic mass is 79.9. The number of fused-ring (bicyclic) bond motifs is 1. The van der Waals surface area contributed by atoms with Gasteiger partial charge in [0.25, 0.3) is 0 Å². The molecule has 2 aromatic carbocycles. The quantitative estimate of drug-likeness (QED) is 0.706. The average Bonchev–Trinajstić information content (AvgIpc) is 2.71. The number of nitrogen functional groups attached to an aromatic ring is 1. The van der Waals surface area contributed by atoms with Crippen molar-refractivity contribution in [1.29, 1.82) is 0 Å². The molecule has 3 aromatic rings. The summed E-state index contributed by atoms with van der Waals surface area (Å²) in [5.41, 5.74) is 7.71. The molecule has 3 rings (SSSR count). The van der Waals surface area contributed by atoms with Crippen molar-refractivity contribution in [2.24, 2.45) is 0 Å². The second-order valence-electron chi connectivity index (χ2n) is 4.47. The molecule has 0 unspecified atom stereocenters. The van der Waals surface area contributed by atoms with Crippen LogP contribution in [-0.4, -0.2) is 4.57 Å². The number of hydrogen-bond acceptors (Lipinski definition) is 1. The fourth-order valence-electron chi connectivity index (χ4n) is 2.21. The molecule has 0 saturated heterocycles. The lowest BCUT2D eigenvalue weighted by atomic mass is 10.2. The molecule has 0 spiro atoms. The van der Waals surface area contributed by atoms with Crippen LogP contribution in [0, 0.1) is 5.82 Å². The van der Waals surface area contributed by atoms with Gasteiger partial charge in [0.2, 0.25) is 0 Å². The molecule has 0 fully saturated rings. The standard InChI is InChI=1S/C15H12BrFN2/c16-13-9-19(15-4-2-1-3-12(13)15)8-10-5-6-11(18)7-14(10)17/h1-7,9H,8,18H2. The summed E-state index contributed by atoms with van der Waals surface area (Å²) in [6.07, 6.45) is 1.97. The molecule has 96 valence electrons. The topological polar surface area (TPSA) is 30.9 Å². The molecule has 0 saturated carbocycles. The van der Waals surface area contributed by atoms with Crippen molar-refractivity contribution in [1.82, 2.24) is 4.57 Å². The Morgan fingerprint density at radius 2 is 1.95 bits per heavy atom. The molecule has 1 aromatic heterocycles. The van der Waals surface area contributed by atoms with E-state index in [-0.39, 0.29) is 5.82 Å². The molecule has 0 aliphatic rings. The summed E-state index contributed by atoms with van der Waals surface area (Å²) in [5.74, 6) is -0.270. The van der Waals surface area contributed by atoms with E-state index in [9.17, 15) is 4.39 Å². The van der Waals surface area contributed by atoms with Gasteiger partial charge in [0.15, 0.2) is 0 Å². The highest BCUT2D eigenvalue weighted by Gasteiger charge is 2.08. The van der Waals surface area contributed by atoms with Crippen LogP contribution in [0.4, 0.5) is 10.1 Å². The Balaban J connectivity index is 2.06. The second kappa shape index (κ2) is 4.70. The fraction of sp³-hybridized carbons (Fsp3) is 0.0667. The van der Waals surface area contributed by atoms with Gasteiger partial charge in [-0.3, -0.25) is 0 Å². The van der Waals surface area contributed by atoms with Crippen molar-refractivity contribution < 1.29 is 4.39 Å². The first kappa shape index (κ1) is 12.2. The number of anilines is 1. The third-order valence-corrected chi connectivity index (χ3v) is 3.79. The Bertz CT molecular complexity index is 749. The van der Waals surface area contributed by atoms with Crippen LogP contribution in [0.2, 0.25) is 0 Å². The summed E-state index contributed by atoms with van der Waals surface area (Å²) in [5, 5.41) is 1.12. The van der Waals surface area contributed by atoms with E-state index in [0.29, 0.717) is 17.8 Å². The molecule has 4 heteroatoms. The van der Waals surface area contributed by atoms with Crippen LogP contribution < -0.4 is 5.73 Å². The third-order valence-electron chi connectivity index (χ3n) is 3.16. The van der Waals surface area contributed by atoms with E-state index in [2.05, 4.69) is 15.9 Å². The normalized spacial score (nSPS) is 11.1. The number of nitrogens with two attached hydrogens (primary N) is 1. The van der Waals surface area contributed by atoms with Gasteiger partial charge in [-0.1, -0.05) is 24.3 Å². The van der Waals surface area contributed by atoms with E-state index < -0.39 is 0 Å².